The first kappa shape index (κ1) is 14.6. The van der Waals surface area contributed by atoms with Gasteiger partial charge in [0.05, 0.1) is 12.8 Å². The van der Waals surface area contributed by atoms with Crippen molar-refractivity contribution in [2.24, 2.45) is 5.73 Å². The first-order valence-corrected chi connectivity index (χ1v) is 5.43. The Morgan fingerprint density at radius 3 is 2.32 bits per heavy atom. The van der Waals surface area contributed by atoms with E-state index >= 15 is 0 Å². The molecule has 0 unspecified atom stereocenters. The highest BCUT2D eigenvalue weighted by molar-refractivity contribution is 5.88. The molecule has 2 amide bonds. The molecule has 0 heterocycles. The van der Waals surface area contributed by atoms with Crippen LogP contribution in [-0.4, -0.2) is 28.9 Å². The fourth-order valence-electron chi connectivity index (χ4n) is 1.43. The quantitative estimate of drug-likeness (QED) is 0.664. The van der Waals surface area contributed by atoms with Crippen LogP contribution in [0.2, 0.25) is 0 Å². The van der Waals surface area contributed by atoms with E-state index in [-0.39, 0.29) is 6.42 Å². The number of rotatable bonds is 6. The normalized spacial score (nSPS) is 11.6. The minimum absolute atomic E-state index is 0.108. The fraction of sp³-hybridized carbons (Fsp3) is 0.250. The predicted molar refractivity (Wildman–Crippen MR) is 63.5 cm³/mol. The van der Waals surface area contributed by atoms with Gasteiger partial charge in [0, 0.05) is 0 Å². The summed E-state index contributed by atoms with van der Waals surface area (Å²) in [7, 11) is 0. The number of carbonyl (C=O) groups is 3. The summed E-state index contributed by atoms with van der Waals surface area (Å²) in [6, 6.07) is 3.87. The van der Waals surface area contributed by atoms with Gasteiger partial charge in [-0.3, -0.25) is 9.59 Å². The second kappa shape index (κ2) is 6.48. The summed E-state index contributed by atoms with van der Waals surface area (Å²) in [5.41, 5.74) is 5.41. The first-order valence-electron chi connectivity index (χ1n) is 5.43. The number of carboxylic acids is 1. The van der Waals surface area contributed by atoms with Crippen LogP contribution >= 0.6 is 0 Å². The van der Waals surface area contributed by atoms with Crippen molar-refractivity contribution in [3.8, 4) is 0 Å². The third-order valence-corrected chi connectivity index (χ3v) is 2.32. The lowest BCUT2D eigenvalue weighted by Gasteiger charge is -2.12. The van der Waals surface area contributed by atoms with Crippen LogP contribution in [0.1, 0.15) is 12.0 Å². The number of nitrogens with two attached hydrogens (primary N) is 1. The summed E-state index contributed by atoms with van der Waals surface area (Å²) in [6.45, 7) is 0. The molecule has 0 radical (unpaired) electrons. The Hall–Kier alpha value is -2.44. The monoisotopic (exact) mass is 268 g/mol. The second-order valence-corrected chi connectivity index (χ2v) is 3.93. The molecule has 1 rings (SSSR count). The largest absolute Gasteiger partial charge is 0.480 e. The van der Waals surface area contributed by atoms with E-state index in [2.05, 4.69) is 5.32 Å². The van der Waals surface area contributed by atoms with Crippen molar-refractivity contribution in [2.75, 3.05) is 0 Å². The van der Waals surface area contributed by atoms with Gasteiger partial charge in [-0.25, -0.2) is 9.18 Å². The van der Waals surface area contributed by atoms with Crippen LogP contribution in [0.5, 0.6) is 0 Å². The van der Waals surface area contributed by atoms with Crippen molar-refractivity contribution in [3.05, 3.63) is 35.6 Å². The maximum atomic E-state index is 12.7. The third kappa shape index (κ3) is 5.15. The zero-order valence-corrected chi connectivity index (χ0v) is 9.93. The highest BCUT2D eigenvalue weighted by Gasteiger charge is 2.21. The Balaban J connectivity index is 2.59. The topological polar surface area (TPSA) is 109 Å². The number of hydrogen-bond donors (Lipinski definition) is 3. The summed E-state index contributed by atoms with van der Waals surface area (Å²) in [5, 5.41) is 11.0. The van der Waals surface area contributed by atoms with Crippen LogP contribution in [-0.2, 0) is 20.8 Å². The Bertz CT molecular complexity index is 487. The summed E-state index contributed by atoms with van der Waals surface area (Å²) in [5.74, 6) is -3.18. The molecule has 102 valence electrons. The van der Waals surface area contributed by atoms with Gasteiger partial charge in [-0.1, -0.05) is 12.1 Å². The van der Waals surface area contributed by atoms with E-state index in [0.717, 1.165) is 0 Å². The molecule has 6 nitrogen and oxygen atoms in total. The van der Waals surface area contributed by atoms with Crippen LogP contribution in [0, 0.1) is 5.82 Å². The van der Waals surface area contributed by atoms with Gasteiger partial charge in [-0.2, -0.15) is 0 Å². The van der Waals surface area contributed by atoms with Gasteiger partial charge in [0.15, 0.2) is 0 Å². The summed E-state index contributed by atoms with van der Waals surface area (Å²) in [6.07, 6.45) is -0.590. The Morgan fingerprint density at radius 2 is 1.84 bits per heavy atom. The Kier molecular flexibility index (Phi) is 4.99. The van der Waals surface area contributed by atoms with E-state index in [1.807, 2.05) is 0 Å². The van der Waals surface area contributed by atoms with E-state index < -0.39 is 36.1 Å². The lowest BCUT2D eigenvalue weighted by molar-refractivity contribution is -0.143. The average molecular weight is 268 g/mol. The van der Waals surface area contributed by atoms with Crippen molar-refractivity contribution >= 4 is 17.8 Å². The molecule has 0 spiro atoms. The number of nitrogens with one attached hydrogen (secondary N) is 1. The fourth-order valence-corrected chi connectivity index (χ4v) is 1.43. The molecule has 1 atom stereocenters. The molecule has 1 aromatic rings. The predicted octanol–water partition coefficient (Wildman–Crippen LogP) is -0.187. The van der Waals surface area contributed by atoms with Gasteiger partial charge < -0.3 is 16.2 Å². The van der Waals surface area contributed by atoms with E-state index in [9.17, 15) is 18.8 Å². The molecule has 0 aliphatic rings. The standard InChI is InChI=1S/C12H13FN2O4/c13-8-3-1-7(2-4-8)5-11(17)15-9(12(18)19)6-10(14)16/h1-4,9H,5-6H2,(H2,14,16)(H,15,17)(H,18,19)/t9-/m0/s1. The van der Waals surface area contributed by atoms with Gasteiger partial charge in [0.1, 0.15) is 11.9 Å². The molecular weight excluding hydrogens is 255 g/mol. The van der Waals surface area contributed by atoms with Crippen molar-refractivity contribution in [2.45, 2.75) is 18.9 Å². The molecule has 0 fully saturated rings. The van der Waals surface area contributed by atoms with Crippen molar-refractivity contribution in [1.82, 2.24) is 5.32 Å². The number of amides is 2. The molecule has 0 bridgehead atoms. The highest BCUT2D eigenvalue weighted by Crippen LogP contribution is 2.04. The molecule has 4 N–H and O–H groups in total. The molecule has 0 saturated heterocycles. The molecule has 0 saturated carbocycles. The molecule has 0 aromatic heterocycles. The van der Waals surface area contributed by atoms with Gasteiger partial charge in [0.25, 0.3) is 0 Å². The molecule has 19 heavy (non-hydrogen) atoms. The third-order valence-electron chi connectivity index (χ3n) is 2.32. The number of primary amides is 1. The first-order chi connectivity index (χ1) is 8.88. The lowest BCUT2D eigenvalue weighted by atomic mass is 10.1. The van der Waals surface area contributed by atoms with Crippen LogP contribution in [0.25, 0.3) is 0 Å². The van der Waals surface area contributed by atoms with Crippen molar-refractivity contribution in [3.63, 3.8) is 0 Å². The van der Waals surface area contributed by atoms with Crippen LogP contribution in [0.15, 0.2) is 24.3 Å². The van der Waals surface area contributed by atoms with Crippen LogP contribution in [0.3, 0.4) is 0 Å². The molecule has 1 aromatic carbocycles. The zero-order valence-electron chi connectivity index (χ0n) is 9.93. The van der Waals surface area contributed by atoms with Crippen LogP contribution in [0.4, 0.5) is 4.39 Å². The summed E-state index contributed by atoms with van der Waals surface area (Å²) in [4.78, 5) is 33.0. The second-order valence-electron chi connectivity index (χ2n) is 3.93. The number of carbonyl (C=O) groups excluding carboxylic acids is 2. The van der Waals surface area contributed by atoms with Crippen LogP contribution < -0.4 is 11.1 Å². The van der Waals surface area contributed by atoms with Gasteiger partial charge in [0.2, 0.25) is 11.8 Å². The number of benzene rings is 1. The maximum absolute atomic E-state index is 12.7. The average Bonchev–Trinajstić information content (AvgIpc) is 2.30. The van der Waals surface area contributed by atoms with Crippen molar-refractivity contribution < 1.29 is 23.9 Å². The van der Waals surface area contributed by atoms with Crippen molar-refractivity contribution in [1.29, 1.82) is 0 Å². The smallest absolute Gasteiger partial charge is 0.326 e. The number of carboxylic acid groups (broad SMARTS) is 1. The minimum atomic E-state index is -1.36. The van der Waals surface area contributed by atoms with Gasteiger partial charge in [-0.15, -0.1) is 0 Å². The number of aliphatic carboxylic acids is 1. The van der Waals surface area contributed by atoms with E-state index in [1.165, 1.54) is 24.3 Å². The van der Waals surface area contributed by atoms with E-state index in [1.54, 1.807) is 0 Å². The Labute approximate surface area is 108 Å². The Morgan fingerprint density at radius 1 is 1.26 bits per heavy atom. The molecule has 0 aliphatic heterocycles. The lowest BCUT2D eigenvalue weighted by Crippen LogP contribution is -2.43. The maximum Gasteiger partial charge on any atom is 0.326 e. The van der Waals surface area contributed by atoms with Gasteiger partial charge >= 0.3 is 5.97 Å². The molecule has 7 heteroatoms. The molecule has 0 aliphatic carbocycles. The zero-order chi connectivity index (χ0) is 14.4. The van der Waals surface area contributed by atoms with E-state index in [0.29, 0.717) is 5.56 Å². The summed E-state index contributed by atoms with van der Waals surface area (Å²) >= 11 is 0. The summed E-state index contributed by atoms with van der Waals surface area (Å²) < 4.78 is 12.7. The van der Waals surface area contributed by atoms with E-state index in [4.69, 9.17) is 10.8 Å². The minimum Gasteiger partial charge on any atom is -0.480 e. The van der Waals surface area contributed by atoms with Gasteiger partial charge in [-0.05, 0) is 17.7 Å². The highest BCUT2D eigenvalue weighted by atomic mass is 19.1. The number of hydrogen-bond acceptors (Lipinski definition) is 3. The SMILES string of the molecule is NC(=O)C[C@H](NC(=O)Cc1ccc(F)cc1)C(=O)O. The molecular formula is C12H13FN2O4. The number of halogens is 1.